The second kappa shape index (κ2) is 3.84. The number of piperidine rings is 1. The minimum atomic E-state index is -4.11. The zero-order valence-corrected chi connectivity index (χ0v) is 7.64. The fraction of sp³-hybridized carbons (Fsp3) is 1.00. The molecule has 5 heteroatoms. The Morgan fingerprint density at radius 2 is 1.77 bits per heavy atom. The zero-order valence-electron chi connectivity index (χ0n) is 7.64. The summed E-state index contributed by atoms with van der Waals surface area (Å²) < 4.78 is 36.8. The number of nitrogens with two attached hydrogens (primary N) is 1. The lowest BCUT2D eigenvalue weighted by Gasteiger charge is -2.35. The number of alkyl halides is 3. The van der Waals surface area contributed by atoms with E-state index in [0.29, 0.717) is 25.9 Å². The van der Waals surface area contributed by atoms with Crippen LogP contribution in [0.3, 0.4) is 0 Å². The molecule has 1 heterocycles. The Balaban J connectivity index is 2.45. The molecular weight excluding hydrogens is 181 g/mol. The van der Waals surface area contributed by atoms with Crippen molar-refractivity contribution in [2.45, 2.75) is 38.0 Å². The molecule has 0 aromatic carbocycles. The molecule has 1 rings (SSSR count). The molecule has 0 amide bonds. The van der Waals surface area contributed by atoms with Gasteiger partial charge in [0.2, 0.25) is 0 Å². The third-order valence-electron chi connectivity index (χ3n) is 2.60. The van der Waals surface area contributed by atoms with E-state index in [2.05, 4.69) is 0 Å². The lowest BCUT2D eigenvalue weighted by Crippen LogP contribution is -2.49. The van der Waals surface area contributed by atoms with Crippen LogP contribution >= 0.6 is 0 Å². The van der Waals surface area contributed by atoms with E-state index in [4.69, 9.17) is 5.73 Å². The van der Waals surface area contributed by atoms with Crippen LogP contribution < -0.4 is 5.73 Å². The highest BCUT2D eigenvalue weighted by atomic mass is 19.4. The van der Waals surface area contributed by atoms with Crippen LogP contribution in [0, 0.1) is 0 Å². The average Bonchev–Trinajstić information content (AvgIpc) is 2.03. The fourth-order valence-corrected chi connectivity index (χ4v) is 1.51. The highest BCUT2D eigenvalue weighted by molar-refractivity contribution is 4.81. The van der Waals surface area contributed by atoms with Crippen molar-refractivity contribution in [1.29, 1.82) is 0 Å². The van der Waals surface area contributed by atoms with E-state index in [9.17, 15) is 13.2 Å². The number of hydrogen-bond acceptors (Lipinski definition) is 2. The van der Waals surface area contributed by atoms with Gasteiger partial charge in [-0.2, -0.15) is 13.2 Å². The molecule has 0 aromatic rings. The van der Waals surface area contributed by atoms with Gasteiger partial charge in [-0.1, -0.05) is 0 Å². The average molecular weight is 196 g/mol. The van der Waals surface area contributed by atoms with Crippen LogP contribution in [0.4, 0.5) is 13.2 Å². The third kappa shape index (κ3) is 2.84. The Labute approximate surface area is 75.9 Å². The first kappa shape index (κ1) is 10.8. The van der Waals surface area contributed by atoms with Crippen molar-refractivity contribution in [1.82, 2.24) is 4.90 Å². The van der Waals surface area contributed by atoms with Gasteiger partial charge in [0.05, 0.1) is 0 Å². The molecule has 78 valence electrons. The van der Waals surface area contributed by atoms with E-state index in [1.165, 1.54) is 11.8 Å². The number of halogens is 3. The molecule has 1 aliphatic heterocycles. The molecule has 13 heavy (non-hydrogen) atoms. The van der Waals surface area contributed by atoms with Gasteiger partial charge in [0.25, 0.3) is 0 Å². The van der Waals surface area contributed by atoms with Crippen LogP contribution in [0.25, 0.3) is 0 Å². The van der Waals surface area contributed by atoms with Gasteiger partial charge in [-0.05, 0) is 19.8 Å². The number of rotatable bonds is 1. The Morgan fingerprint density at radius 1 is 1.31 bits per heavy atom. The summed E-state index contributed by atoms with van der Waals surface area (Å²) in [6, 6.07) is -1.25. The van der Waals surface area contributed by atoms with Crippen molar-refractivity contribution in [3.8, 4) is 0 Å². The van der Waals surface area contributed by atoms with Crippen molar-refractivity contribution in [3.05, 3.63) is 0 Å². The Kier molecular flexibility index (Phi) is 3.18. The van der Waals surface area contributed by atoms with Crippen LogP contribution in [0.5, 0.6) is 0 Å². The van der Waals surface area contributed by atoms with Gasteiger partial charge < -0.3 is 5.73 Å². The number of likely N-dealkylation sites (tertiary alicyclic amines) is 1. The molecule has 1 atom stereocenters. The summed E-state index contributed by atoms with van der Waals surface area (Å²) >= 11 is 0. The number of nitrogens with zero attached hydrogens (tertiary/aromatic N) is 1. The van der Waals surface area contributed by atoms with Crippen molar-refractivity contribution < 1.29 is 13.2 Å². The summed E-state index contributed by atoms with van der Waals surface area (Å²) in [7, 11) is 0. The molecule has 2 N–H and O–H groups in total. The summed E-state index contributed by atoms with van der Waals surface area (Å²) in [6.07, 6.45) is -2.78. The van der Waals surface area contributed by atoms with Crippen LogP contribution in [0.1, 0.15) is 19.8 Å². The predicted molar refractivity (Wildman–Crippen MR) is 44.3 cm³/mol. The van der Waals surface area contributed by atoms with Crippen molar-refractivity contribution in [2.75, 3.05) is 13.1 Å². The highest BCUT2D eigenvalue weighted by Gasteiger charge is 2.40. The van der Waals surface area contributed by atoms with E-state index in [1.807, 2.05) is 0 Å². The summed E-state index contributed by atoms with van der Waals surface area (Å²) in [5, 5.41) is 0. The summed E-state index contributed by atoms with van der Waals surface area (Å²) in [4.78, 5) is 1.45. The Morgan fingerprint density at radius 3 is 2.15 bits per heavy atom. The molecule has 0 unspecified atom stereocenters. The van der Waals surface area contributed by atoms with E-state index in [-0.39, 0.29) is 6.04 Å². The molecule has 0 aliphatic carbocycles. The van der Waals surface area contributed by atoms with Crippen LogP contribution in [-0.2, 0) is 0 Å². The maximum absolute atomic E-state index is 12.3. The second-order valence-corrected chi connectivity index (χ2v) is 3.59. The maximum Gasteiger partial charge on any atom is 0.403 e. The van der Waals surface area contributed by atoms with Gasteiger partial charge in [0, 0.05) is 19.1 Å². The molecule has 0 radical (unpaired) electrons. The molecule has 0 bridgehead atoms. The van der Waals surface area contributed by atoms with Gasteiger partial charge in [-0.15, -0.1) is 0 Å². The first-order valence-electron chi connectivity index (χ1n) is 4.47. The summed E-state index contributed by atoms with van der Waals surface area (Å²) in [6.45, 7) is 2.13. The quantitative estimate of drug-likeness (QED) is 0.686. The van der Waals surface area contributed by atoms with Gasteiger partial charge >= 0.3 is 6.18 Å². The first-order valence-corrected chi connectivity index (χ1v) is 4.47. The summed E-state index contributed by atoms with van der Waals surface area (Å²) in [5.74, 6) is 0. The van der Waals surface area contributed by atoms with E-state index >= 15 is 0 Å². The van der Waals surface area contributed by atoms with Crippen LogP contribution in [-0.4, -0.2) is 36.2 Å². The van der Waals surface area contributed by atoms with Crippen LogP contribution in [0.15, 0.2) is 0 Å². The first-order chi connectivity index (χ1) is 5.91. The molecule has 0 spiro atoms. The van der Waals surface area contributed by atoms with Crippen molar-refractivity contribution in [2.24, 2.45) is 5.73 Å². The molecule has 0 aromatic heterocycles. The van der Waals surface area contributed by atoms with E-state index in [1.54, 1.807) is 0 Å². The van der Waals surface area contributed by atoms with Gasteiger partial charge in [0.15, 0.2) is 0 Å². The number of hydrogen-bond donors (Lipinski definition) is 1. The molecule has 1 saturated heterocycles. The highest BCUT2D eigenvalue weighted by Crippen LogP contribution is 2.26. The van der Waals surface area contributed by atoms with E-state index in [0.717, 1.165) is 0 Å². The molecule has 1 aliphatic rings. The minimum absolute atomic E-state index is 0.0803. The summed E-state index contributed by atoms with van der Waals surface area (Å²) in [5.41, 5.74) is 5.60. The van der Waals surface area contributed by atoms with Gasteiger partial charge in [-0.25, -0.2) is 0 Å². The van der Waals surface area contributed by atoms with Gasteiger partial charge in [-0.3, -0.25) is 4.90 Å². The topological polar surface area (TPSA) is 29.3 Å². The largest absolute Gasteiger partial charge is 0.403 e. The fourth-order valence-electron chi connectivity index (χ4n) is 1.51. The van der Waals surface area contributed by atoms with Crippen LogP contribution in [0.2, 0.25) is 0 Å². The lowest BCUT2D eigenvalue weighted by molar-refractivity contribution is -0.181. The monoisotopic (exact) mass is 196 g/mol. The third-order valence-corrected chi connectivity index (χ3v) is 2.60. The normalized spacial score (nSPS) is 24.7. The van der Waals surface area contributed by atoms with Crippen molar-refractivity contribution in [3.63, 3.8) is 0 Å². The minimum Gasteiger partial charge on any atom is -0.328 e. The van der Waals surface area contributed by atoms with E-state index < -0.39 is 12.2 Å². The van der Waals surface area contributed by atoms with Crippen molar-refractivity contribution >= 4 is 0 Å². The maximum atomic E-state index is 12.3. The van der Waals surface area contributed by atoms with Gasteiger partial charge in [0.1, 0.15) is 6.04 Å². The Hall–Kier alpha value is -0.290. The molecule has 0 saturated carbocycles. The molecular formula is C8H15F3N2. The molecule has 1 fully saturated rings. The second-order valence-electron chi connectivity index (χ2n) is 3.59. The Bertz CT molecular complexity index is 161. The molecule has 2 nitrogen and oxygen atoms in total. The zero-order chi connectivity index (χ0) is 10.1. The smallest absolute Gasteiger partial charge is 0.328 e. The predicted octanol–water partition coefficient (Wildman–Crippen LogP) is 1.36. The SMILES string of the molecule is C[C@@H](N1CCC(N)CC1)C(F)(F)F. The standard InChI is InChI=1S/C8H15F3N2/c1-6(8(9,10)11)13-4-2-7(12)3-5-13/h6-7H,2-5,12H2,1H3/t6-/m1/s1. The lowest BCUT2D eigenvalue weighted by atomic mass is 10.0.